The van der Waals surface area contributed by atoms with Gasteiger partial charge in [0.25, 0.3) is 5.91 Å². The Morgan fingerprint density at radius 2 is 1.47 bits per heavy atom. The van der Waals surface area contributed by atoms with Crippen LogP contribution in [0.2, 0.25) is 15.1 Å². The highest BCUT2D eigenvalue weighted by Crippen LogP contribution is 2.54. The molecule has 0 radical (unpaired) electrons. The number of carbonyl (C=O) groups is 3. The normalized spacial score (nSPS) is 19.4. The van der Waals surface area contributed by atoms with Gasteiger partial charge >= 0.3 is 0 Å². The van der Waals surface area contributed by atoms with Crippen molar-refractivity contribution >= 4 is 58.0 Å². The highest BCUT2D eigenvalue weighted by Gasteiger charge is 2.48. The van der Waals surface area contributed by atoms with Gasteiger partial charge < -0.3 is 19.5 Å². The molecule has 0 unspecified atom stereocenters. The summed E-state index contributed by atoms with van der Waals surface area (Å²) < 4.78 is 18.2. The molecular formula is C33H34Cl3NO6. The molecule has 0 atom stereocenters. The van der Waals surface area contributed by atoms with Gasteiger partial charge in [-0.15, -0.1) is 0 Å². The second-order valence-corrected chi connectivity index (χ2v) is 14.0. The number of rotatable bonds is 7. The molecular weight excluding hydrogens is 613 g/mol. The summed E-state index contributed by atoms with van der Waals surface area (Å²) in [7, 11) is 0. The molecule has 1 aliphatic heterocycles. The Labute approximate surface area is 266 Å². The van der Waals surface area contributed by atoms with E-state index in [-0.39, 0.29) is 39.8 Å². The third-order valence-corrected chi connectivity index (χ3v) is 8.82. The second kappa shape index (κ2) is 11.8. The zero-order valence-electron chi connectivity index (χ0n) is 24.8. The van der Waals surface area contributed by atoms with E-state index in [1.54, 1.807) is 24.3 Å². The maximum Gasteiger partial charge on any atom is 0.262 e. The van der Waals surface area contributed by atoms with Crippen LogP contribution in [0.4, 0.5) is 5.69 Å². The van der Waals surface area contributed by atoms with Crippen molar-refractivity contribution in [2.24, 2.45) is 10.8 Å². The molecule has 43 heavy (non-hydrogen) atoms. The van der Waals surface area contributed by atoms with Crippen molar-refractivity contribution in [1.29, 1.82) is 0 Å². The number of Topliss-reactive ketones (excluding diaryl/α,β-unsaturated/α-hetero) is 2. The summed E-state index contributed by atoms with van der Waals surface area (Å²) in [5, 5.41) is 3.57. The fourth-order valence-corrected chi connectivity index (χ4v) is 6.65. The Morgan fingerprint density at radius 1 is 0.860 bits per heavy atom. The predicted octanol–water partition coefficient (Wildman–Crippen LogP) is 8.46. The molecule has 0 aromatic heterocycles. The van der Waals surface area contributed by atoms with Gasteiger partial charge in [-0.1, -0.05) is 62.5 Å². The maximum absolute atomic E-state index is 13.6. The van der Waals surface area contributed by atoms with E-state index in [1.807, 2.05) is 34.6 Å². The number of halogens is 3. The van der Waals surface area contributed by atoms with Gasteiger partial charge in [0.05, 0.1) is 21.7 Å². The summed E-state index contributed by atoms with van der Waals surface area (Å²) in [4.78, 5) is 40.0. The highest BCUT2D eigenvalue weighted by molar-refractivity contribution is 6.42. The van der Waals surface area contributed by atoms with Gasteiger partial charge in [-0.25, -0.2) is 0 Å². The smallest absolute Gasteiger partial charge is 0.262 e. The molecule has 0 spiro atoms. The molecule has 10 heteroatoms. The average molecular weight is 647 g/mol. The Balaban J connectivity index is 1.51. The molecule has 0 fully saturated rings. The molecule has 2 aromatic carbocycles. The molecule has 0 bridgehead atoms. The van der Waals surface area contributed by atoms with E-state index in [4.69, 9.17) is 49.0 Å². The zero-order valence-corrected chi connectivity index (χ0v) is 27.1. The quantitative estimate of drug-likeness (QED) is 0.325. The van der Waals surface area contributed by atoms with Crippen molar-refractivity contribution in [2.45, 2.75) is 66.2 Å². The standard InChI is InChI=1S/C33H34Cl3NO6/c1-6-41-24-10-17(9-21(36)31(24)42-16-27(40)37-18-7-8-19(34)20(35)11-18)28-29-22(38)12-32(2,3)14-25(29)43-26-15-33(4,5)13-23(39)30(26)28/h7-11,28H,6,12-16H2,1-5H3,(H,37,40). The van der Waals surface area contributed by atoms with Crippen LogP contribution in [-0.4, -0.2) is 30.7 Å². The lowest BCUT2D eigenvalue weighted by atomic mass is 9.65. The van der Waals surface area contributed by atoms with Crippen LogP contribution in [0.5, 0.6) is 11.5 Å². The van der Waals surface area contributed by atoms with Gasteiger partial charge in [0.2, 0.25) is 0 Å². The summed E-state index contributed by atoms with van der Waals surface area (Å²) in [6.07, 6.45) is 1.85. The van der Waals surface area contributed by atoms with Gasteiger partial charge in [0.15, 0.2) is 29.7 Å². The molecule has 0 saturated heterocycles. The second-order valence-electron chi connectivity index (χ2n) is 12.8. The molecule has 228 valence electrons. The first-order chi connectivity index (χ1) is 20.2. The van der Waals surface area contributed by atoms with E-state index in [0.29, 0.717) is 82.0 Å². The van der Waals surface area contributed by atoms with E-state index >= 15 is 0 Å². The van der Waals surface area contributed by atoms with Crippen LogP contribution in [0.1, 0.15) is 71.8 Å². The number of carbonyl (C=O) groups excluding carboxylic acids is 3. The lowest BCUT2D eigenvalue weighted by Crippen LogP contribution is -2.37. The van der Waals surface area contributed by atoms with Crippen molar-refractivity contribution < 1.29 is 28.6 Å². The van der Waals surface area contributed by atoms with E-state index in [2.05, 4.69) is 5.32 Å². The lowest BCUT2D eigenvalue weighted by Gasteiger charge is -2.42. The van der Waals surface area contributed by atoms with Crippen LogP contribution < -0.4 is 14.8 Å². The minimum Gasteiger partial charge on any atom is -0.490 e. The van der Waals surface area contributed by atoms with Gasteiger partial charge in [-0.3, -0.25) is 14.4 Å². The van der Waals surface area contributed by atoms with Crippen LogP contribution in [0, 0.1) is 10.8 Å². The van der Waals surface area contributed by atoms with E-state index in [1.165, 1.54) is 6.07 Å². The first kappa shape index (κ1) is 31.4. The molecule has 0 saturated carbocycles. The maximum atomic E-state index is 13.6. The Morgan fingerprint density at radius 3 is 2.02 bits per heavy atom. The first-order valence-electron chi connectivity index (χ1n) is 14.2. The average Bonchev–Trinajstić information content (AvgIpc) is 2.87. The molecule has 7 nitrogen and oxygen atoms in total. The van der Waals surface area contributed by atoms with E-state index in [9.17, 15) is 14.4 Å². The largest absolute Gasteiger partial charge is 0.490 e. The molecule has 2 aromatic rings. The van der Waals surface area contributed by atoms with Crippen molar-refractivity contribution in [3.8, 4) is 11.5 Å². The SMILES string of the molecule is CCOc1cc(C2C3=C(CC(C)(C)CC3=O)OC3=C2C(=O)CC(C)(C)C3)cc(Cl)c1OCC(=O)Nc1ccc(Cl)c(Cl)c1. The van der Waals surface area contributed by atoms with Crippen molar-refractivity contribution in [3.05, 3.63) is 73.6 Å². The number of allylic oxidation sites excluding steroid dienone is 4. The monoisotopic (exact) mass is 645 g/mol. The molecule has 1 N–H and O–H groups in total. The molecule has 2 aliphatic carbocycles. The number of ketones is 2. The van der Waals surface area contributed by atoms with Gasteiger partial charge in [-0.05, 0) is 53.6 Å². The van der Waals surface area contributed by atoms with Crippen LogP contribution in [0.15, 0.2) is 53.0 Å². The molecule has 3 aliphatic rings. The number of amides is 1. The molecule has 1 amide bonds. The summed E-state index contributed by atoms with van der Waals surface area (Å²) in [6.45, 7) is 9.92. The molecule has 1 heterocycles. The zero-order chi connectivity index (χ0) is 31.3. The third-order valence-electron chi connectivity index (χ3n) is 7.80. The van der Waals surface area contributed by atoms with E-state index in [0.717, 1.165) is 0 Å². The third kappa shape index (κ3) is 6.59. The van der Waals surface area contributed by atoms with Gasteiger partial charge in [-0.2, -0.15) is 0 Å². The number of benzene rings is 2. The van der Waals surface area contributed by atoms with Crippen LogP contribution >= 0.6 is 34.8 Å². The van der Waals surface area contributed by atoms with Crippen molar-refractivity contribution in [1.82, 2.24) is 0 Å². The van der Waals surface area contributed by atoms with Gasteiger partial charge in [0.1, 0.15) is 11.5 Å². The summed E-state index contributed by atoms with van der Waals surface area (Å²) >= 11 is 18.8. The number of anilines is 1. The fraction of sp³-hybridized carbons (Fsp3) is 0.424. The van der Waals surface area contributed by atoms with E-state index < -0.39 is 11.8 Å². The lowest BCUT2D eigenvalue weighted by molar-refractivity contribution is -0.120. The number of ether oxygens (including phenoxy) is 3. The highest BCUT2D eigenvalue weighted by atomic mass is 35.5. The first-order valence-corrected chi connectivity index (χ1v) is 15.4. The fourth-order valence-electron chi connectivity index (χ4n) is 6.07. The summed E-state index contributed by atoms with van der Waals surface area (Å²) in [5.74, 6) is 0.528. The molecule has 5 rings (SSSR count). The van der Waals surface area contributed by atoms with Crippen molar-refractivity contribution in [3.63, 3.8) is 0 Å². The number of hydrogen-bond acceptors (Lipinski definition) is 6. The van der Waals surface area contributed by atoms with Crippen molar-refractivity contribution in [2.75, 3.05) is 18.5 Å². The Bertz CT molecular complexity index is 1540. The minimum absolute atomic E-state index is 0.0474. The topological polar surface area (TPSA) is 90.9 Å². The van der Waals surface area contributed by atoms with Crippen LogP contribution in [0.25, 0.3) is 0 Å². The summed E-state index contributed by atoms with van der Waals surface area (Å²) in [6, 6.07) is 8.17. The predicted molar refractivity (Wildman–Crippen MR) is 167 cm³/mol. The van der Waals surface area contributed by atoms with Crippen LogP contribution in [-0.2, 0) is 19.1 Å². The summed E-state index contributed by atoms with van der Waals surface area (Å²) in [5.41, 5.74) is 1.55. The Kier molecular flexibility index (Phi) is 8.64. The Hall–Kier alpha value is -3.00. The number of hydrogen-bond donors (Lipinski definition) is 1. The van der Waals surface area contributed by atoms with Crippen LogP contribution in [0.3, 0.4) is 0 Å². The van der Waals surface area contributed by atoms with Gasteiger partial charge in [0, 0.05) is 48.4 Å². The number of nitrogens with one attached hydrogen (secondary N) is 1. The minimum atomic E-state index is -0.644.